The molecule has 2 aliphatic carbocycles. The molecule has 82 valence electrons. The van der Waals surface area contributed by atoms with E-state index >= 15 is 0 Å². The quantitative estimate of drug-likeness (QED) is 0.684. The predicted molar refractivity (Wildman–Crippen MR) is 60.8 cm³/mol. The van der Waals surface area contributed by atoms with E-state index in [4.69, 9.17) is 5.73 Å². The molecule has 14 heavy (non-hydrogen) atoms. The van der Waals surface area contributed by atoms with Crippen molar-refractivity contribution in [2.24, 2.45) is 41.2 Å². The first-order valence-corrected chi connectivity index (χ1v) is 6.28. The first-order valence-electron chi connectivity index (χ1n) is 6.28. The molecule has 1 heteroatoms. The summed E-state index contributed by atoms with van der Waals surface area (Å²) in [6, 6.07) is 0.509. The molecule has 0 aromatic heterocycles. The highest BCUT2D eigenvalue weighted by atomic mass is 14.7. The standard InChI is InChI=1S/C13H25N/c1-7(2)10-5-11-8(3)9(4)12(6-10)13(11)14/h7-13H,5-6,14H2,1-4H3/t8-,9+,10?,11?,12?,13?. The van der Waals surface area contributed by atoms with Gasteiger partial charge in [0.05, 0.1) is 0 Å². The third kappa shape index (κ3) is 1.41. The van der Waals surface area contributed by atoms with E-state index in [1.165, 1.54) is 12.8 Å². The molecule has 4 unspecified atom stereocenters. The Labute approximate surface area is 88.4 Å². The molecule has 0 saturated heterocycles. The van der Waals surface area contributed by atoms with Gasteiger partial charge in [0, 0.05) is 6.04 Å². The van der Waals surface area contributed by atoms with Crippen molar-refractivity contribution in [3.63, 3.8) is 0 Å². The van der Waals surface area contributed by atoms with Crippen LogP contribution in [0.1, 0.15) is 40.5 Å². The minimum Gasteiger partial charge on any atom is -0.327 e. The van der Waals surface area contributed by atoms with Crippen LogP contribution < -0.4 is 5.73 Å². The number of hydrogen-bond donors (Lipinski definition) is 1. The second-order valence-corrected chi connectivity index (χ2v) is 6.10. The zero-order chi connectivity index (χ0) is 10.5. The summed E-state index contributed by atoms with van der Waals surface area (Å²) >= 11 is 0. The zero-order valence-corrected chi connectivity index (χ0v) is 10.0. The monoisotopic (exact) mass is 195 g/mol. The van der Waals surface area contributed by atoms with Crippen LogP contribution in [-0.2, 0) is 0 Å². The van der Waals surface area contributed by atoms with Crippen molar-refractivity contribution < 1.29 is 0 Å². The lowest BCUT2D eigenvalue weighted by molar-refractivity contribution is 0.169. The summed E-state index contributed by atoms with van der Waals surface area (Å²) in [6.45, 7) is 9.57. The Hall–Kier alpha value is -0.0400. The first-order chi connectivity index (χ1) is 6.52. The molecular weight excluding hydrogens is 170 g/mol. The fraction of sp³-hybridized carbons (Fsp3) is 1.00. The molecule has 0 spiro atoms. The van der Waals surface area contributed by atoms with E-state index in [0.717, 1.165) is 35.5 Å². The second-order valence-electron chi connectivity index (χ2n) is 6.10. The van der Waals surface area contributed by atoms with Crippen molar-refractivity contribution >= 4 is 0 Å². The summed E-state index contributed by atoms with van der Waals surface area (Å²) < 4.78 is 0. The third-order valence-electron chi connectivity index (χ3n) is 5.26. The van der Waals surface area contributed by atoms with Gasteiger partial charge in [0.15, 0.2) is 0 Å². The van der Waals surface area contributed by atoms with E-state index in [9.17, 15) is 0 Å². The SMILES string of the molecule is CC(C)C1CC2C(N)C(C1)[C@H](C)[C@@H]2C. The smallest absolute Gasteiger partial charge is 0.0101 e. The highest BCUT2D eigenvalue weighted by molar-refractivity contribution is 5.01. The van der Waals surface area contributed by atoms with Crippen LogP contribution in [0.15, 0.2) is 0 Å². The van der Waals surface area contributed by atoms with Crippen LogP contribution in [0.4, 0.5) is 0 Å². The molecule has 2 saturated carbocycles. The van der Waals surface area contributed by atoms with Gasteiger partial charge in [-0.1, -0.05) is 27.7 Å². The fourth-order valence-electron chi connectivity index (χ4n) is 3.88. The Bertz CT molecular complexity index is 185. The van der Waals surface area contributed by atoms with E-state index in [-0.39, 0.29) is 0 Å². The van der Waals surface area contributed by atoms with E-state index < -0.39 is 0 Å². The largest absolute Gasteiger partial charge is 0.327 e. The Balaban J connectivity index is 2.15. The van der Waals surface area contributed by atoms with Gasteiger partial charge in [-0.25, -0.2) is 0 Å². The maximum atomic E-state index is 6.33. The highest BCUT2D eigenvalue weighted by Crippen LogP contribution is 2.52. The molecule has 2 N–H and O–H groups in total. The highest BCUT2D eigenvalue weighted by Gasteiger charge is 2.49. The molecule has 0 radical (unpaired) electrons. The molecule has 1 nitrogen and oxygen atoms in total. The van der Waals surface area contributed by atoms with Gasteiger partial charge in [0.25, 0.3) is 0 Å². The number of nitrogens with two attached hydrogens (primary N) is 1. The summed E-state index contributed by atoms with van der Waals surface area (Å²) in [4.78, 5) is 0. The van der Waals surface area contributed by atoms with Crippen molar-refractivity contribution in [2.75, 3.05) is 0 Å². The molecule has 6 atom stereocenters. The molecule has 2 rings (SSSR count). The Kier molecular flexibility index (Phi) is 2.63. The van der Waals surface area contributed by atoms with E-state index in [0.29, 0.717) is 6.04 Å². The molecule has 0 aromatic carbocycles. The summed E-state index contributed by atoms with van der Waals surface area (Å²) in [5.41, 5.74) is 6.33. The van der Waals surface area contributed by atoms with Crippen LogP contribution in [0, 0.1) is 35.5 Å². The Morgan fingerprint density at radius 2 is 1.43 bits per heavy atom. The lowest BCUT2D eigenvalue weighted by Crippen LogP contribution is -2.40. The minimum atomic E-state index is 0.509. The summed E-state index contributed by atoms with van der Waals surface area (Å²) in [5.74, 6) is 5.15. The molecule has 2 aliphatic rings. The van der Waals surface area contributed by atoms with Crippen LogP contribution in [0.3, 0.4) is 0 Å². The topological polar surface area (TPSA) is 26.0 Å². The lowest BCUT2D eigenvalue weighted by Gasteiger charge is -2.36. The van der Waals surface area contributed by atoms with E-state index in [1.54, 1.807) is 0 Å². The molecule has 0 aromatic rings. The van der Waals surface area contributed by atoms with Gasteiger partial charge in [0.2, 0.25) is 0 Å². The van der Waals surface area contributed by atoms with Gasteiger partial charge >= 0.3 is 0 Å². The van der Waals surface area contributed by atoms with Gasteiger partial charge in [-0.3, -0.25) is 0 Å². The molecule has 0 heterocycles. The average Bonchev–Trinajstić information content (AvgIpc) is 2.29. The molecule has 2 bridgehead atoms. The van der Waals surface area contributed by atoms with Crippen molar-refractivity contribution in [3.05, 3.63) is 0 Å². The first kappa shape index (κ1) is 10.5. The Morgan fingerprint density at radius 1 is 1.00 bits per heavy atom. The Morgan fingerprint density at radius 3 is 1.79 bits per heavy atom. The second kappa shape index (κ2) is 3.52. The van der Waals surface area contributed by atoms with Gasteiger partial charge in [-0.15, -0.1) is 0 Å². The van der Waals surface area contributed by atoms with Crippen molar-refractivity contribution in [2.45, 2.75) is 46.6 Å². The average molecular weight is 195 g/mol. The minimum absolute atomic E-state index is 0.509. The molecule has 0 amide bonds. The molecule has 0 aliphatic heterocycles. The fourth-order valence-corrected chi connectivity index (χ4v) is 3.88. The maximum absolute atomic E-state index is 6.33. The van der Waals surface area contributed by atoms with Crippen molar-refractivity contribution in [1.82, 2.24) is 0 Å². The summed E-state index contributed by atoms with van der Waals surface area (Å²) in [6.07, 6.45) is 2.78. The van der Waals surface area contributed by atoms with Crippen LogP contribution in [0.2, 0.25) is 0 Å². The number of fused-ring (bicyclic) bond motifs is 2. The van der Waals surface area contributed by atoms with E-state index in [2.05, 4.69) is 27.7 Å². The van der Waals surface area contributed by atoms with Gasteiger partial charge < -0.3 is 5.73 Å². The van der Waals surface area contributed by atoms with Crippen molar-refractivity contribution in [1.29, 1.82) is 0 Å². The van der Waals surface area contributed by atoms with E-state index in [1.807, 2.05) is 0 Å². The van der Waals surface area contributed by atoms with Gasteiger partial charge in [0.1, 0.15) is 0 Å². The van der Waals surface area contributed by atoms with Crippen LogP contribution >= 0.6 is 0 Å². The lowest BCUT2D eigenvalue weighted by atomic mass is 9.72. The maximum Gasteiger partial charge on any atom is 0.0101 e. The molecule has 2 fully saturated rings. The van der Waals surface area contributed by atoms with Crippen LogP contribution in [0.5, 0.6) is 0 Å². The van der Waals surface area contributed by atoms with Gasteiger partial charge in [-0.05, 0) is 48.3 Å². The number of hydrogen-bond acceptors (Lipinski definition) is 1. The normalized spacial score (nSPS) is 52.7. The zero-order valence-electron chi connectivity index (χ0n) is 10.0. The molecular formula is C13H25N. The van der Waals surface area contributed by atoms with Crippen LogP contribution in [-0.4, -0.2) is 6.04 Å². The van der Waals surface area contributed by atoms with Crippen LogP contribution in [0.25, 0.3) is 0 Å². The third-order valence-corrected chi connectivity index (χ3v) is 5.26. The van der Waals surface area contributed by atoms with Gasteiger partial charge in [-0.2, -0.15) is 0 Å². The summed E-state index contributed by atoms with van der Waals surface area (Å²) in [5, 5.41) is 0. The summed E-state index contributed by atoms with van der Waals surface area (Å²) in [7, 11) is 0. The predicted octanol–water partition coefficient (Wildman–Crippen LogP) is 2.90. The number of rotatable bonds is 1. The van der Waals surface area contributed by atoms with Crippen molar-refractivity contribution in [3.8, 4) is 0 Å².